The highest BCUT2D eigenvalue weighted by Gasteiger charge is 2.33. The minimum absolute atomic E-state index is 0.195. The third-order valence-corrected chi connectivity index (χ3v) is 5.86. The molecule has 2 N–H and O–H groups in total. The van der Waals surface area contributed by atoms with Crippen LogP contribution in [0.5, 0.6) is 0 Å². The summed E-state index contributed by atoms with van der Waals surface area (Å²) in [6.45, 7) is 2.60. The largest absolute Gasteiger partial charge is 0.322 e. The van der Waals surface area contributed by atoms with Crippen LogP contribution in [0.1, 0.15) is 39.3 Å². The number of nitrogens with zero attached hydrogens (tertiary/aromatic N) is 3. The topological polar surface area (TPSA) is 87.2 Å². The second-order valence-electron chi connectivity index (χ2n) is 7.05. The molecule has 0 aliphatic carbocycles. The van der Waals surface area contributed by atoms with Gasteiger partial charge in [-0.2, -0.15) is 0 Å². The first-order chi connectivity index (χ1) is 14.5. The van der Waals surface area contributed by atoms with E-state index in [4.69, 9.17) is 0 Å². The Morgan fingerprint density at radius 1 is 1.03 bits per heavy atom. The molecule has 0 bridgehead atoms. The number of benzene rings is 2. The maximum absolute atomic E-state index is 13.0. The van der Waals surface area contributed by atoms with Crippen LogP contribution in [0.15, 0.2) is 48.5 Å². The molecule has 7 nitrogen and oxygen atoms in total. The van der Waals surface area contributed by atoms with Crippen LogP contribution in [0.3, 0.4) is 0 Å². The fourth-order valence-corrected chi connectivity index (χ4v) is 4.16. The molecule has 1 atom stereocenters. The third-order valence-electron chi connectivity index (χ3n) is 4.84. The standard InChI is InChI=1S/C21H20FN5O2S/c1-13-4-8-16(9-5-13)24-21(29)27-12-2-3-17(27)19-25-26-20(30-19)18(28)23-15-10-6-14(22)7-11-15/h4-11,17H,2-3,12H2,1H3,(H,23,28)(H,24,29). The lowest BCUT2D eigenvalue weighted by Gasteiger charge is -2.23. The quantitative estimate of drug-likeness (QED) is 0.639. The Morgan fingerprint density at radius 2 is 1.70 bits per heavy atom. The first kappa shape index (κ1) is 20.0. The van der Waals surface area contributed by atoms with Crippen LogP contribution in [-0.2, 0) is 0 Å². The molecule has 30 heavy (non-hydrogen) atoms. The average molecular weight is 425 g/mol. The summed E-state index contributed by atoms with van der Waals surface area (Å²) in [6.07, 6.45) is 1.61. The van der Waals surface area contributed by atoms with E-state index in [-0.39, 0.29) is 22.9 Å². The Labute approximate surface area is 176 Å². The Kier molecular flexibility index (Phi) is 5.71. The lowest BCUT2D eigenvalue weighted by atomic mass is 10.2. The minimum Gasteiger partial charge on any atom is -0.320 e. The van der Waals surface area contributed by atoms with Crippen molar-refractivity contribution in [3.8, 4) is 0 Å². The lowest BCUT2D eigenvalue weighted by molar-refractivity contribution is 0.102. The minimum atomic E-state index is -0.418. The van der Waals surface area contributed by atoms with E-state index >= 15 is 0 Å². The van der Waals surface area contributed by atoms with Crippen molar-refractivity contribution in [3.63, 3.8) is 0 Å². The first-order valence-electron chi connectivity index (χ1n) is 9.54. The number of aryl methyl sites for hydroxylation is 1. The molecule has 3 amide bonds. The molecule has 0 spiro atoms. The van der Waals surface area contributed by atoms with Gasteiger partial charge in [-0.05, 0) is 56.2 Å². The Balaban J connectivity index is 1.43. The summed E-state index contributed by atoms with van der Waals surface area (Å²) in [4.78, 5) is 26.9. The highest BCUT2D eigenvalue weighted by Crippen LogP contribution is 2.34. The van der Waals surface area contributed by atoms with E-state index in [1.807, 2.05) is 31.2 Å². The van der Waals surface area contributed by atoms with Crippen molar-refractivity contribution >= 4 is 34.6 Å². The number of carbonyl (C=O) groups is 2. The Morgan fingerprint density at radius 3 is 2.43 bits per heavy atom. The molecular formula is C21H20FN5O2S. The molecule has 2 heterocycles. The SMILES string of the molecule is Cc1ccc(NC(=O)N2CCCC2c2nnc(C(=O)Nc3ccc(F)cc3)s2)cc1. The summed E-state index contributed by atoms with van der Waals surface area (Å²) in [5.41, 5.74) is 2.32. The van der Waals surface area contributed by atoms with Crippen molar-refractivity contribution in [3.05, 3.63) is 69.9 Å². The van der Waals surface area contributed by atoms with Gasteiger partial charge < -0.3 is 15.5 Å². The van der Waals surface area contributed by atoms with Crippen molar-refractivity contribution in [1.82, 2.24) is 15.1 Å². The summed E-state index contributed by atoms with van der Waals surface area (Å²) >= 11 is 1.16. The van der Waals surface area contributed by atoms with Gasteiger partial charge >= 0.3 is 6.03 Å². The number of nitrogens with one attached hydrogen (secondary N) is 2. The number of halogens is 1. The molecule has 0 saturated carbocycles. The van der Waals surface area contributed by atoms with Crippen molar-refractivity contribution in [1.29, 1.82) is 0 Å². The second-order valence-corrected chi connectivity index (χ2v) is 8.06. The molecule has 9 heteroatoms. The number of hydrogen-bond acceptors (Lipinski definition) is 5. The molecule has 4 rings (SSSR count). The Hall–Kier alpha value is -3.33. The summed E-state index contributed by atoms with van der Waals surface area (Å²) in [7, 11) is 0. The average Bonchev–Trinajstić information content (AvgIpc) is 3.40. The van der Waals surface area contributed by atoms with Gasteiger partial charge in [-0.1, -0.05) is 29.0 Å². The number of carbonyl (C=O) groups excluding carboxylic acids is 2. The summed E-state index contributed by atoms with van der Waals surface area (Å²) < 4.78 is 13.0. The van der Waals surface area contributed by atoms with Crippen LogP contribution in [0.2, 0.25) is 0 Å². The maximum Gasteiger partial charge on any atom is 0.322 e. The van der Waals surface area contributed by atoms with Crippen LogP contribution in [0.25, 0.3) is 0 Å². The van der Waals surface area contributed by atoms with E-state index < -0.39 is 5.91 Å². The number of aromatic nitrogens is 2. The van der Waals surface area contributed by atoms with E-state index in [0.717, 1.165) is 35.4 Å². The van der Waals surface area contributed by atoms with Crippen molar-refractivity contribution in [2.75, 3.05) is 17.2 Å². The summed E-state index contributed by atoms with van der Waals surface area (Å²) in [5, 5.41) is 14.5. The van der Waals surface area contributed by atoms with Crippen LogP contribution < -0.4 is 10.6 Å². The molecule has 1 aliphatic rings. The molecular weight excluding hydrogens is 405 g/mol. The normalized spacial score (nSPS) is 15.8. The molecule has 154 valence electrons. The number of rotatable bonds is 4. The van der Waals surface area contributed by atoms with Gasteiger partial charge in [-0.15, -0.1) is 10.2 Å². The van der Waals surface area contributed by atoms with Gasteiger partial charge in [0.15, 0.2) is 0 Å². The van der Waals surface area contributed by atoms with Gasteiger partial charge in [0.25, 0.3) is 5.91 Å². The Bertz CT molecular complexity index is 1050. The van der Waals surface area contributed by atoms with Gasteiger partial charge in [-0.25, -0.2) is 9.18 Å². The smallest absolute Gasteiger partial charge is 0.320 e. The number of likely N-dealkylation sites (tertiary alicyclic amines) is 1. The molecule has 1 saturated heterocycles. The van der Waals surface area contributed by atoms with Gasteiger partial charge in [0.1, 0.15) is 10.8 Å². The molecule has 0 radical (unpaired) electrons. The molecule has 1 aliphatic heterocycles. The summed E-state index contributed by atoms with van der Waals surface area (Å²) in [5.74, 6) is -0.796. The molecule has 2 aromatic carbocycles. The van der Waals surface area contributed by atoms with Gasteiger partial charge in [0.2, 0.25) is 5.01 Å². The third kappa shape index (κ3) is 4.46. The number of urea groups is 1. The van der Waals surface area contributed by atoms with Crippen LogP contribution in [-0.4, -0.2) is 33.6 Å². The highest BCUT2D eigenvalue weighted by atomic mass is 32.1. The number of amides is 3. The predicted octanol–water partition coefficient (Wildman–Crippen LogP) is 4.61. The zero-order valence-electron chi connectivity index (χ0n) is 16.3. The second kappa shape index (κ2) is 8.58. The molecule has 3 aromatic rings. The maximum atomic E-state index is 13.0. The van der Waals surface area contributed by atoms with E-state index in [1.165, 1.54) is 24.3 Å². The number of anilines is 2. The predicted molar refractivity (Wildman–Crippen MR) is 113 cm³/mol. The summed E-state index contributed by atoms with van der Waals surface area (Å²) in [6, 6.07) is 12.7. The number of hydrogen-bond donors (Lipinski definition) is 2. The van der Waals surface area contributed by atoms with Crippen LogP contribution in [0, 0.1) is 12.7 Å². The fraction of sp³-hybridized carbons (Fsp3) is 0.238. The van der Waals surface area contributed by atoms with Gasteiger partial charge in [-0.3, -0.25) is 4.79 Å². The van der Waals surface area contributed by atoms with E-state index in [0.29, 0.717) is 17.2 Å². The first-order valence-corrected chi connectivity index (χ1v) is 10.4. The monoisotopic (exact) mass is 425 g/mol. The van der Waals surface area contributed by atoms with E-state index in [1.54, 1.807) is 4.90 Å². The van der Waals surface area contributed by atoms with Crippen LogP contribution in [0.4, 0.5) is 20.6 Å². The van der Waals surface area contributed by atoms with Crippen LogP contribution >= 0.6 is 11.3 Å². The van der Waals surface area contributed by atoms with Crippen molar-refractivity contribution < 1.29 is 14.0 Å². The zero-order valence-corrected chi connectivity index (χ0v) is 17.1. The van der Waals surface area contributed by atoms with Gasteiger partial charge in [0.05, 0.1) is 6.04 Å². The fourth-order valence-electron chi connectivity index (χ4n) is 3.28. The lowest BCUT2D eigenvalue weighted by Crippen LogP contribution is -2.34. The van der Waals surface area contributed by atoms with Crippen molar-refractivity contribution in [2.45, 2.75) is 25.8 Å². The van der Waals surface area contributed by atoms with E-state index in [9.17, 15) is 14.0 Å². The van der Waals surface area contributed by atoms with E-state index in [2.05, 4.69) is 20.8 Å². The molecule has 1 fully saturated rings. The molecule has 1 aromatic heterocycles. The molecule has 1 unspecified atom stereocenters. The van der Waals surface area contributed by atoms with Crippen molar-refractivity contribution in [2.24, 2.45) is 0 Å². The highest BCUT2D eigenvalue weighted by molar-refractivity contribution is 7.13. The zero-order chi connectivity index (χ0) is 21.1. The van der Waals surface area contributed by atoms with Gasteiger partial charge in [0, 0.05) is 17.9 Å².